The van der Waals surface area contributed by atoms with E-state index < -0.39 is 34.3 Å². The van der Waals surface area contributed by atoms with Crippen molar-refractivity contribution >= 4 is 9.84 Å². The predicted octanol–water partition coefficient (Wildman–Crippen LogP) is 5.01. The monoisotopic (exact) mass is 417 g/mol. The molecule has 0 spiro atoms. The molecular weight excluding hydrogens is 379 g/mol. The van der Waals surface area contributed by atoms with Gasteiger partial charge in [-0.2, -0.15) is 13.2 Å². The van der Waals surface area contributed by atoms with Crippen molar-refractivity contribution in [1.82, 2.24) is 0 Å². The minimum atomic E-state index is -4.46. The first kappa shape index (κ1) is 26.7. The van der Waals surface area contributed by atoms with Gasteiger partial charge in [-0.15, -0.1) is 0 Å². The van der Waals surface area contributed by atoms with Crippen LogP contribution in [0.2, 0.25) is 0 Å². The van der Waals surface area contributed by atoms with Crippen LogP contribution in [0.15, 0.2) is 0 Å². The van der Waals surface area contributed by atoms with Crippen LogP contribution in [0.4, 0.5) is 13.2 Å². The topological polar surface area (TPSA) is 69.4 Å². The van der Waals surface area contributed by atoms with E-state index in [0.29, 0.717) is 26.0 Å². The second-order valence-corrected chi connectivity index (χ2v) is 9.46. The van der Waals surface area contributed by atoms with Crippen molar-refractivity contribution in [2.75, 3.05) is 24.7 Å². The number of ether oxygens (including phenoxy) is 1. The van der Waals surface area contributed by atoms with Gasteiger partial charge < -0.3 is 10.5 Å². The largest absolute Gasteiger partial charge is 0.390 e. The molecule has 0 aromatic carbocycles. The third kappa shape index (κ3) is 18.8. The average molecular weight is 418 g/mol. The lowest BCUT2D eigenvalue weighted by molar-refractivity contribution is -0.129. The Morgan fingerprint density at radius 1 is 0.926 bits per heavy atom. The molecule has 1 unspecified atom stereocenters. The van der Waals surface area contributed by atoms with Gasteiger partial charge in [-0.1, -0.05) is 51.9 Å². The Bertz CT molecular complexity index is 442. The number of hydrogen-bond acceptors (Lipinski definition) is 4. The Balaban J connectivity index is 4.16. The van der Waals surface area contributed by atoms with Crippen molar-refractivity contribution in [3.05, 3.63) is 0 Å². The molecule has 4 nitrogen and oxygen atoms in total. The van der Waals surface area contributed by atoms with Crippen molar-refractivity contribution in [2.45, 2.75) is 96.3 Å². The molecule has 1 atom stereocenters. The van der Waals surface area contributed by atoms with Crippen molar-refractivity contribution in [3.63, 3.8) is 0 Å². The Kier molecular flexibility index (Phi) is 15.4. The minimum Gasteiger partial charge on any atom is -0.377 e. The first-order chi connectivity index (χ1) is 12.7. The number of hydrogen-bond donors (Lipinski definition) is 1. The van der Waals surface area contributed by atoms with Crippen molar-refractivity contribution in [1.29, 1.82) is 0 Å². The van der Waals surface area contributed by atoms with Crippen LogP contribution in [0.5, 0.6) is 0 Å². The molecule has 164 valence electrons. The molecule has 0 aliphatic rings. The van der Waals surface area contributed by atoms with Crippen molar-refractivity contribution in [3.8, 4) is 0 Å². The van der Waals surface area contributed by atoms with Gasteiger partial charge >= 0.3 is 6.18 Å². The van der Waals surface area contributed by atoms with Crippen LogP contribution in [0.25, 0.3) is 0 Å². The molecule has 0 fully saturated rings. The Morgan fingerprint density at radius 3 is 2.07 bits per heavy atom. The highest BCUT2D eigenvalue weighted by atomic mass is 32.2. The van der Waals surface area contributed by atoms with Crippen LogP contribution in [-0.2, 0) is 14.6 Å². The van der Waals surface area contributed by atoms with Crippen LogP contribution < -0.4 is 5.73 Å². The Morgan fingerprint density at radius 2 is 1.52 bits per heavy atom. The first-order valence-corrected chi connectivity index (χ1v) is 12.1. The molecule has 0 aliphatic heterocycles. The molecule has 8 heteroatoms. The predicted molar refractivity (Wildman–Crippen MR) is 105 cm³/mol. The van der Waals surface area contributed by atoms with Crippen LogP contribution in [-0.4, -0.2) is 45.4 Å². The normalized spacial score (nSPS) is 13.8. The van der Waals surface area contributed by atoms with Gasteiger partial charge in [-0.25, -0.2) is 8.42 Å². The van der Waals surface area contributed by atoms with Gasteiger partial charge in [0, 0.05) is 6.61 Å². The molecule has 0 amide bonds. The lowest BCUT2D eigenvalue weighted by atomic mass is 10.1. The zero-order valence-corrected chi connectivity index (χ0v) is 17.6. The van der Waals surface area contributed by atoms with E-state index in [1.807, 2.05) is 0 Å². The number of halogens is 3. The number of sulfone groups is 1. The first-order valence-electron chi connectivity index (χ1n) is 10.3. The maximum atomic E-state index is 12.3. The summed E-state index contributed by atoms with van der Waals surface area (Å²) in [4.78, 5) is 0. The number of alkyl halides is 3. The summed E-state index contributed by atoms with van der Waals surface area (Å²) >= 11 is 0. The third-order valence-electron chi connectivity index (χ3n) is 4.47. The van der Waals surface area contributed by atoms with E-state index in [0.717, 1.165) is 25.7 Å². The number of unbranched alkanes of at least 4 members (excludes halogenated alkanes) is 8. The lowest BCUT2D eigenvalue weighted by Gasteiger charge is -2.18. The molecule has 0 radical (unpaired) electrons. The van der Waals surface area contributed by atoms with E-state index in [4.69, 9.17) is 10.5 Å². The van der Waals surface area contributed by atoms with E-state index in [9.17, 15) is 21.6 Å². The molecule has 0 saturated heterocycles. The highest BCUT2D eigenvalue weighted by molar-refractivity contribution is 7.91. The van der Waals surface area contributed by atoms with E-state index in [1.54, 1.807) is 0 Å². The summed E-state index contributed by atoms with van der Waals surface area (Å²) < 4.78 is 66.5. The molecular formula is C19H38F3NO3S. The average Bonchev–Trinajstić information content (AvgIpc) is 2.58. The third-order valence-corrected chi connectivity index (χ3v) is 6.17. The highest BCUT2D eigenvalue weighted by Gasteiger charge is 2.31. The van der Waals surface area contributed by atoms with Gasteiger partial charge in [0.25, 0.3) is 0 Å². The highest BCUT2D eigenvalue weighted by Crippen LogP contribution is 2.21. The molecule has 0 heterocycles. The maximum Gasteiger partial charge on any atom is 0.390 e. The van der Waals surface area contributed by atoms with Gasteiger partial charge in [0.05, 0.1) is 24.0 Å². The summed E-state index contributed by atoms with van der Waals surface area (Å²) in [6.45, 7) is 3.15. The van der Waals surface area contributed by atoms with Crippen LogP contribution in [0.3, 0.4) is 0 Å². The molecule has 0 aromatic rings. The Hall–Kier alpha value is -0.340. The summed E-state index contributed by atoms with van der Waals surface area (Å²) in [5.41, 5.74) is 5.45. The van der Waals surface area contributed by atoms with E-state index in [2.05, 4.69) is 6.92 Å². The van der Waals surface area contributed by atoms with E-state index in [-0.39, 0.29) is 5.75 Å². The quantitative estimate of drug-likeness (QED) is 0.318. The SMILES string of the molecule is CCCCCCCCCCOC(CCCCN)CS(=O)(=O)CCC(F)(F)F. The zero-order chi connectivity index (χ0) is 20.6. The molecule has 0 bridgehead atoms. The Labute approximate surface area is 163 Å². The molecule has 0 rings (SSSR count). The standard InChI is InChI=1S/C19H38F3NO3S/c1-2-3-4-5-6-7-8-11-15-26-18(12-9-10-14-23)17-27(24,25)16-13-19(20,21)22/h18H,2-17,23H2,1H3. The summed E-state index contributed by atoms with van der Waals surface area (Å²) in [6.07, 6.45) is 4.91. The van der Waals surface area contributed by atoms with Gasteiger partial charge in [0.1, 0.15) is 0 Å². The second-order valence-electron chi connectivity index (χ2n) is 7.23. The molecule has 0 aliphatic carbocycles. The fourth-order valence-corrected chi connectivity index (χ4v) is 4.39. The summed E-state index contributed by atoms with van der Waals surface area (Å²) in [6, 6.07) is 0. The number of rotatable bonds is 18. The minimum absolute atomic E-state index is 0.343. The summed E-state index contributed by atoms with van der Waals surface area (Å²) in [7, 11) is -3.79. The van der Waals surface area contributed by atoms with Gasteiger partial charge in [-0.3, -0.25) is 0 Å². The molecule has 0 saturated carbocycles. The molecule has 27 heavy (non-hydrogen) atoms. The van der Waals surface area contributed by atoms with Gasteiger partial charge in [0.15, 0.2) is 9.84 Å². The van der Waals surface area contributed by atoms with Crippen LogP contribution in [0, 0.1) is 0 Å². The second kappa shape index (κ2) is 15.6. The molecule has 2 N–H and O–H groups in total. The van der Waals surface area contributed by atoms with Crippen LogP contribution >= 0.6 is 0 Å². The van der Waals surface area contributed by atoms with Gasteiger partial charge in [-0.05, 0) is 32.2 Å². The molecule has 0 aromatic heterocycles. The van der Waals surface area contributed by atoms with Crippen LogP contribution in [0.1, 0.15) is 84.0 Å². The summed E-state index contributed by atoms with van der Waals surface area (Å²) in [5, 5.41) is 0. The maximum absolute atomic E-state index is 12.3. The fourth-order valence-electron chi connectivity index (χ4n) is 2.85. The van der Waals surface area contributed by atoms with Crippen molar-refractivity contribution in [2.24, 2.45) is 5.73 Å². The summed E-state index contributed by atoms with van der Waals surface area (Å²) in [5.74, 6) is -1.21. The van der Waals surface area contributed by atoms with Gasteiger partial charge in [0.2, 0.25) is 0 Å². The zero-order valence-electron chi connectivity index (χ0n) is 16.7. The van der Waals surface area contributed by atoms with E-state index in [1.165, 1.54) is 32.1 Å². The van der Waals surface area contributed by atoms with E-state index >= 15 is 0 Å². The van der Waals surface area contributed by atoms with Crippen molar-refractivity contribution < 1.29 is 26.3 Å². The fraction of sp³-hybridized carbons (Fsp3) is 1.00. The smallest absolute Gasteiger partial charge is 0.377 e. The lowest BCUT2D eigenvalue weighted by Crippen LogP contribution is -2.28. The number of nitrogens with two attached hydrogens (primary N) is 1.